The lowest BCUT2D eigenvalue weighted by Crippen LogP contribution is -2.38. The van der Waals surface area contributed by atoms with Crippen molar-refractivity contribution in [3.63, 3.8) is 0 Å². The third kappa shape index (κ3) is 6.38. The molecule has 0 aliphatic heterocycles. The molecule has 0 fully saturated rings. The van der Waals surface area contributed by atoms with E-state index in [4.69, 9.17) is 0 Å². The first-order valence-electron chi connectivity index (χ1n) is 8.05. The van der Waals surface area contributed by atoms with Gasteiger partial charge in [-0.05, 0) is 48.7 Å². The van der Waals surface area contributed by atoms with Gasteiger partial charge >= 0.3 is 0 Å². The number of nitrogens with one attached hydrogen (secondary N) is 2. The van der Waals surface area contributed by atoms with Crippen molar-refractivity contribution in [3.8, 4) is 5.75 Å². The Kier molecular flexibility index (Phi) is 6.75. The Morgan fingerprint density at radius 1 is 1.17 bits per heavy atom. The fourth-order valence-electron chi connectivity index (χ4n) is 2.29. The van der Waals surface area contributed by atoms with Gasteiger partial charge in [0.15, 0.2) is 0 Å². The van der Waals surface area contributed by atoms with Crippen LogP contribution in [0.15, 0.2) is 48.5 Å². The highest BCUT2D eigenvalue weighted by Gasteiger charge is 2.06. The maximum atomic E-state index is 12.8. The first-order chi connectivity index (χ1) is 11.5. The Hall–Kier alpha value is -2.40. The molecule has 5 heteroatoms. The molecule has 0 saturated carbocycles. The van der Waals surface area contributed by atoms with Crippen molar-refractivity contribution >= 4 is 5.91 Å². The van der Waals surface area contributed by atoms with Crippen molar-refractivity contribution in [1.29, 1.82) is 0 Å². The van der Waals surface area contributed by atoms with Gasteiger partial charge < -0.3 is 15.7 Å². The van der Waals surface area contributed by atoms with Crippen molar-refractivity contribution in [2.24, 2.45) is 0 Å². The largest absolute Gasteiger partial charge is 0.508 e. The lowest BCUT2D eigenvalue weighted by atomic mass is 10.1. The first kappa shape index (κ1) is 17.9. The van der Waals surface area contributed by atoms with Gasteiger partial charge in [-0.15, -0.1) is 0 Å². The van der Waals surface area contributed by atoms with Gasteiger partial charge in [-0.1, -0.05) is 24.3 Å². The summed E-state index contributed by atoms with van der Waals surface area (Å²) in [6.07, 6.45) is 0.978. The monoisotopic (exact) mass is 330 g/mol. The van der Waals surface area contributed by atoms with E-state index in [-0.39, 0.29) is 23.5 Å². The number of hydrogen-bond donors (Lipinski definition) is 3. The predicted octanol–water partition coefficient (Wildman–Crippen LogP) is 2.76. The Labute approximate surface area is 141 Å². The van der Waals surface area contributed by atoms with Gasteiger partial charge in [-0.3, -0.25) is 4.79 Å². The number of phenols is 1. The highest BCUT2D eigenvalue weighted by Crippen LogP contribution is 2.12. The molecule has 0 radical (unpaired) electrons. The second-order valence-corrected chi connectivity index (χ2v) is 5.88. The molecule has 4 nitrogen and oxygen atoms in total. The molecular weight excluding hydrogens is 307 g/mol. The van der Waals surface area contributed by atoms with E-state index in [1.807, 2.05) is 13.0 Å². The van der Waals surface area contributed by atoms with Gasteiger partial charge in [-0.2, -0.15) is 0 Å². The summed E-state index contributed by atoms with van der Waals surface area (Å²) in [6, 6.07) is 13.4. The van der Waals surface area contributed by atoms with Crippen LogP contribution in [0.3, 0.4) is 0 Å². The Morgan fingerprint density at radius 3 is 2.62 bits per heavy atom. The molecule has 2 rings (SSSR count). The van der Waals surface area contributed by atoms with Crippen molar-refractivity contribution in [1.82, 2.24) is 10.6 Å². The smallest absolute Gasteiger partial charge is 0.220 e. The van der Waals surface area contributed by atoms with Gasteiger partial charge in [0.05, 0.1) is 0 Å². The summed E-state index contributed by atoms with van der Waals surface area (Å²) in [7, 11) is 0. The van der Waals surface area contributed by atoms with E-state index >= 15 is 0 Å². The molecular formula is C19H23FN2O2. The Bertz CT molecular complexity index is 659. The minimum Gasteiger partial charge on any atom is -0.508 e. The van der Waals surface area contributed by atoms with Crippen LogP contribution in [-0.4, -0.2) is 23.6 Å². The SMILES string of the molecule is CC(CNC(=O)CCc1cccc(O)c1)NCc1ccc(F)cc1. The number of carbonyl (C=O) groups excluding carboxylic acids is 1. The summed E-state index contributed by atoms with van der Waals surface area (Å²) in [5.74, 6) is -0.0499. The highest BCUT2D eigenvalue weighted by molar-refractivity contribution is 5.76. The fraction of sp³-hybridized carbons (Fsp3) is 0.316. The molecule has 0 heterocycles. The summed E-state index contributed by atoms with van der Waals surface area (Å²) < 4.78 is 12.8. The topological polar surface area (TPSA) is 61.4 Å². The summed E-state index contributed by atoms with van der Waals surface area (Å²) in [5.41, 5.74) is 1.94. The third-order valence-electron chi connectivity index (χ3n) is 3.72. The minimum atomic E-state index is -0.245. The number of carbonyl (C=O) groups is 1. The second kappa shape index (κ2) is 9.03. The average molecular weight is 330 g/mol. The van der Waals surface area contributed by atoms with Crippen molar-refractivity contribution in [2.75, 3.05) is 6.54 Å². The van der Waals surface area contributed by atoms with Crippen LogP contribution in [0.25, 0.3) is 0 Å². The second-order valence-electron chi connectivity index (χ2n) is 5.88. The molecule has 24 heavy (non-hydrogen) atoms. The van der Waals surface area contributed by atoms with E-state index < -0.39 is 0 Å². The van der Waals surface area contributed by atoms with Gasteiger partial charge in [0, 0.05) is 25.6 Å². The van der Waals surface area contributed by atoms with Crippen LogP contribution in [0.5, 0.6) is 5.75 Å². The van der Waals surface area contributed by atoms with E-state index in [1.54, 1.807) is 30.3 Å². The number of aryl methyl sites for hydroxylation is 1. The summed E-state index contributed by atoms with van der Waals surface area (Å²) in [5, 5.41) is 15.6. The number of aromatic hydroxyl groups is 1. The minimum absolute atomic E-state index is 0.0197. The zero-order valence-electron chi connectivity index (χ0n) is 13.8. The number of halogens is 1. The number of phenolic OH excluding ortho intramolecular Hbond substituents is 1. The molecule has 2 aromatic rings. The van der Waals surface area contributed by atoms with E-state index in [2.05, 4.69) is 10.6 Å². The van der Waals surface area contributed by atoms with E-state index in [9.17, 15) is 14.3 Å². The van der Waals surface area contributed by atoms with Crippen LogP contribution in [0.2, 0.25) is 0 Å². The average Bonchev–Trinajstić information content (AvgIpc) is 2.57. The predicted molar refractivity (Wildman–Crippen MR) is 92.1 cm³/mol. The lowest BCUT2D eigenvalue weighted by molar-refractivity contribution is -0.121. The Balaban J connectivity index is 1.64. The number of rotatable bonds is 8. The third-order valence-corrected chi connectivity index (χ3v) is 3.72. The molecule has 128 valence electrons. The number of hydrogen-bond acceptors (Lipinski definition) is 3. The summed E-state index contributed by atoms with van der Waals surface area (Å²) in [6.45, 7) is 3.14. The zero-order chi connectivity index (χ0) is 17.4. The quantitative estimate of drug-likeness (QED) is 0.697. The van der Waals surface area contributed by atoms with Crippen molar-refractivity contribution < 1.29 is 14.3 Å². The molecule has 0 bridgehead atoms. The maximum Gasteiger partial charge on any atom is 0.220 e. The molecule has 0 saturated heterocycles. The molecule has 1 atom stereocenters. The molecule has 0 aliphatic rings. The van der Waals surface area contributed by atoms with Gasteiger partial charge in [0.2, 0.25) is 5.91 Å². The number of amides is 1. The molecule has 1 amide bonds. The number of benzene rings is 2. The first-order valence-corrected chi connectivity index (χ1v) is 8.05. The summed E-state index contributed by atoms with van der Waals surface area (Å²) >= 11 is 0. The molecule has 3 N–H and O–H groups in total. The van der Waals surface area contributed by atoms with Crippen LogP contribution in [0, 0.1) is 5.82 Å². The van der Waals surface area contributed by atoms with Gasteiger partial charge in [-0.25, -0.2) is 4.39 Å². The normalized spacial score (nSPS) is 11.9. The summed E-state index contributed by atoms with van der Waals surface area (Å²) in [4.78, 5) is 11.9. The Morgan fingerprint density at radius 2 is 1.92 bits per heavy atom. The van der Waals surface area contributed by atoms with Crippen LogP contribution in [-0.2, 0) is 17.8 Å². The maximum absolute atomic E-state index is 12.8. The molecule has 0 aromatic heterocycles. The van der Waals surface area contributed by atoms with E-state index in [0.717, 1.165) is 11.1 Å². The zero-order valence-corrected chi connectivity index (χ0v) is 13.8. The molecule has 0 aliphatic carbocycles. The van der Waals surface area contributed by atoms with E-state index in [0.29, 0.717) is 25.9 Å². The van der Waals surface area contributed by atoms with Crippen molar-refractivity contribution in [3.05, 3.63) is 65.5 Å². The van der Waals surface area contributed by atoms with Gasteiger partial charge in [0.25, 0.3) is 0 Å². The van der Waals surface area contributed by atoms with Crippen LogP contribution in [0.1, 0.15) is 24.5 Å². The molecule has 2 aromatic carbocycles. The fourth-order valence-corrected chi connectivity index (χ4v) is 2.29. The van der Waals surface area contributed by atoms with Gasteiger partial charge in [0.1, 0.15) is 11.6 Å². The van der Waals surface area contributed by atoms with Crippen LogP contribution >= 0.6 is 0 Å². The molecule has 1 unspecified atom stereocenters. The van der Waals surface area contributed by atoms with Crippen LogP contribution < -0.4 is 10.6 Å². The standard InChI is InChI=1S/C19H23FN2O2/c1-14(21-13-16-5-8-17(20)9-6-16)12-22-19(24)10-7-15-3-2-4-18(23)11-15/h2-6,8-9,11,14,21,23H,7,10,12-13H2,1H3,(H,22,24). The van der Waals surface area contributed by atoms with E-state index in [1.165, 1.54) is 12.1 Å². The van der Waals surface area contributed by atoms with Crippen LogP contribution in [0.4, 0.5) is 4.39 Å². The lowest BCUT2D eigenvalue weighted by Gasteiger charge is -2.15. The highest BCUT2D eigenvalue weighted by atomic mass is 19.1. The molecule has 0 spiro atoms. The van der Waals surface area contributed by atoms with Crippen molar-refractivity contribution in [2.45, 2.75) is 32.4 Å².